The van der Waals surface area contributed by atoms with Crippen LogP contribution in [-0.4, -0.2) is 33.9 Å². The highest BCUT2D eigenvalue weighted by molar-refractivity contribution is 6.31. The van der Waals surface area contributed by atoms with Gasteiger partial charge in [-0.2, -0.15) is 0 Å². The number of nitrogens with one attached hydrogen (secondary N) is 2. The lowest BCUT2D eigenvalue weighted by atomic mass is 10.2. The van der Waals surface area contributed by atoms with Gasteiger partial charge in [-0.15, -0.1) is 0 Å². The molecule has 0 saturated carbocycles. The normalized spacial score (nSPS) is 17.7. The van der Waals surface area contributed by atoms with E-state index in [0.29, 0.717) is 11.6 Å². The molecule has 134 valence electrons. The van der Waals surface area contributed by atoms with E-state index in [4.69, 9.17) is 16.6 Å². The highest BCUT2D eigenvalue weighted by atomic mass is 35.5. The Morgan fingerprint density at radius 1 is 1.35 bits per heavy atom. The molecular weight excluding hydrogens is 348 g/mol. The van der Waals surface area contributed by atoms with Crippen LogP contribution in [0.15, 0.2) is 42.5 Å². The van der Waals surface area contributed by atoms with Crippen LogP contribution < -0.4 is 5.32 Å². The largest absolute Gasteiger partial charge is 0.341 e. The number of aryl methyl sites for hydroxylation is 1. The number of para-hydroxylation sites is 1. The van der Waals surface area contributed by atoms with Crippen molar-refractivity contribution >= 4 is 34.2 Å². The minimum atomic E-state index is 0.00496. The van der Waals surface area contributed by atoms with Crippen molar-refractivity contribution in [3.63, 3.8) is 0 Å². The van der Waals surface area contributed by atoms with Crippen LogP contribution in [-0.2, 0) is 4.79 Å². The van der Waals surface area contributed by atoms with Gasteiger partial charge in [-0.1, -0.05) is 29.8 Å². The number of hydrogen-bond donors (Lipinski definition) is 2. The molecule has 1 amide bonds. The third kappa shape index (κ3) is 3.45. The summed E-state index contributed by atoms with van der Waals surface area (Å²) in [5.41, 5.74) is 3.77. The molecule has 6 heteroatoms. The summed E-state index contributed by atoms with van der Waals surface area (Å²) in [6.07, 6.45) is 2.05. The first kappa shape index (κ1) is 17.1. The third-order valence-corrected chi connectivity index (χ3v) is 5.14. The molecule has 2 aromatic carbocycles. The number of aromatic nitrogens is 2. The predicted molar refractivity (Wildman–Crippen MR) is 104 cm³/mol. The SMILES string of the molecule is Cc1ccccc1NC(=O)CN1CCC[C@@H]1c1nc2ccc(Cl)cc2[nH]1. The third-order valence-electron chi connectivity index (χ3n) is 4.91. The van der Waals surface area contributed by atoms with Gasteiger partial charge in [-0.25, -0.2) is 4.98 Å². The van der Waals surface area contributed by atoms with Gasteiger partial charge in [0.2, 0.25) is 5.91 Å². The van der Waals surface area contributed by atoms with Crippen LogP contribution in [0.25, 0.3) is 11.0 Å². The van der Waals surface area contributed by atoms with E-state index in [-0.39, 0.29) is 11.9 Å². The van der Waals surface area contributed by atoms with Gasteiger partial charge in [0.15, 0.2) is 0 Å². The van der Waals surface area contributed by atoms with Crippen molar-refractivity contribution in [3.8, 4) is 0 Å². The minimum absolute atomic E-state index is 0.00496. The molecule has 1 aromatic heterocycles. The number of rotatable bonds is 4. The Bertz CT molecular complexity index is 952. The maximum absolute atomic E-state index is 12.5. The number of amides is 1. The van der Waals surface area contributed by atoms with E-state index in [1.165, 1.54) is 0 Å². The van der Waals surface area contributed by atoms with Gasteiger partial charge in [-0.05, 0) is 56.1 Å². The van der Waals surface area contributed by atoms with E-state index in [2.05, 4.69) is 15.2 Å². The van der Waals surface area contributed by atoms with Crippen molar-refractivity contribution in [2.45, 2.75) is 25.8 Å². The van der Waals surface area contributed by atoms with Crippen LogP contribution in [0.4, 0.5) is 5.69 Å². The number of carbonyl (C=O) groups is 1. The van der Waals surface area contributed by atoms with Gasteiger partial charge in [0.05, 0.1) is 23.6 Å². The Morgan fingerprint density at radius 2 is 2.19 bits per heavy atom. The van der Waals surface area contributed by atoms with Gasteiger partial charge in [0.1, 0.15) is 5.82 Å². The number of hydrogen-bond acceptors (Lipinski definition) is 3. The van der Waals surface area contributed by atoms with Gasteiger partial charge in [-0.3, -0.25) is 9.69 Å². The molecule has 1 fully saturated rings. The number of nitrogens with zero attached hydrogens (tertiary/aromatic N) is 2. The molecule has 1 atom stereocenters. The number of anilines is 1. The molecule has 2 heterocycles. The molecular formula is C20H21ClN4O. The molecule has 0 unspecified atom stereocenters. The highest BCUT2D eigenvalue weighted by Crippen LogP contribution is 2.31. The van der Waals surface area contributed by atoms with E-state index in [1.807, 2.05) is 49.4 Å². The first-order chi connectivity index (χ1) is 12.6. The molecule has 1 aliphatic heterocycles. The number of imidazole rings is 1. The Labute approximate surface area is 157 Å². The Balaban J connectivity index is 1.49. The second-order valence-electron chi connectivity index (χ2n) is 6.78. The minimum Gasteiger partial charge on any atom is -0.341 e. The fourth-order valence-corrected chi connectivity index (χ4v) is 3.74. The summed E-state index contributed by atoms with van der Waals surface area (Å²) in [6, 6.07) is 13.6. The summed E-state index contributed by atoms with van der Waals surface area (Å²) >= 11 is 6.06. The fraction of sp³-hybridized carbons (Fsp3) is 0.300. The molecule has 4 rings (SSSR count). The molecule has 26 heavy (non-hydrogen) atoms. The van der Waals surface area contributed by atoms with E-state index in [9.17, 15) is 4.79 Å². The summed E-state index contributed by atoms with van der Waals surface area (Å²) in [5, 5.41) is 3.70. The van der Waals surface area contributed by atoms with Crippen molar-refractivity contribution in [1.82, 2.24) is 14.9 Å². The summed E-state index contributed by atoms with van der Waals surface area (Å²) < 4.78 is 0. The molecule has 3 aromatic rings. The standard InChI is InChI=1S/C20H21ClN4O/c1-13-5-2-3-6-15(13)22-19(26)12-25-10-4-7-18(25)20-23-16-9-8-14(21)11-17(16)24-20/h2-3,5-6,8-9,11,18H,4,7,10,12H2,1H3,(H,22,26)(H,23,24)/t18-/m1/s1. The lowest BCUT2D eigenvalue weighted by Gasteiger charge is -2.22. The lowest BCUT2D eigenvalue weighted by molar-refractivity contribution is -0.117. The maximum Gasteiger partial charge on any atom is 0.238 e. The highest BCUT2D eigenvalue weighted by Gasteiger charge is 2.30. The quantitative estimate of drug-likeness (QED) is 0.721. The summed E-state index contributed by atoms with van der Waals surface area (Å²) in [5.74, 6) is 0.911. The molecule has 0 spiro atoms. The van der Waals surface area contributed by atoms with E-state index in [1.54, 1.807) is 0 Å². The summed E-state index contributed by atoms with van der Waals surface area (Å²) in [7, 11) is 0. The fourth-order valence-electron chi connectivity index (χ4n) is 3.57. The molecule has 0 aliphatic carbocycles. The van der Waals surface area contributed by atoms with Crippen molar-refractivity contribution < 1.29 is 4.79 Å². The van der Waals surface area contributed by atoms with Crippen molar-refractivity contribution in [2.75, 3.05) is 18.4 Å². The Morgan fingerprint density at radius 3 is 3.04 bits per heavy atom. The van der Waals surface area contributed by atoms with Crippen molar-refractivity contribution in [2.24, 2.45) is 0 Å². The second kappa shape index (κ2) is 7.09. The summed E-state index contributed by atoms with van der Waals surface area (Å²) in [6.45, 7) is 3.24. The Hall–Kier alpha value is -2.37. The van der Waals surface area contributed by atoms with Crippen LogP contribution in [0, 0.1) is 6.92 Å². The van der Waals surface area contributed by atoms with Crippen molar-refractivity contribution in [1.29, 1.82) is 0 Å². The number of benzene rings is 2. The lowest BCUT2D eigenvalue weighted by Crippen LogP contribution is -2.33. The van der Waals surface area contributed by atoms with Crippen LogP contribution in [0.5, 0.6) is 0 Å². The molecule has 5 nitrogen and oxygen atoms in total. The zero-order valence-corrected chi connectivity index (χ0v) is 15.4. The Kier molecular flexibility index (Phi) is 4.66. The molecule has 0 bridgehead atoms. The van der Waals surface area contributed by atoms with Gasteiger partial charge in [0, 0.05) is 10.7 Å². The number of fused-ring (bicyclic) bond motifs is 1. The van der Waals surface area contributed by atoms with E-state index >= 15 is 0 Å². The monoisotopic (exact) mass is 368 g/mol. The topological polar surface area (TPSA) is 61.0 Å². The van der Waals surface area contributed by atoms with Crippen LogP contribution >= 0.6 is 11.6 Å². The predicted octanol–water partition coefficient (Wildman–Crippen LogP) is 4.30. The smallest absolute Gasteiger partial charge is 0.238 e. The van der Waals surface area contributed by atoms with Crippen LogP contribution in [0.2, 0.25) is 5.02 Å². The molecule has 1 aliphatic rings. The first-order valence-electron chi connectivity index (χ1n) is 8.85. The molecule has 1 saturated heterocycles. The first-order valence-corrected chi connectivity index (χ1v) is 9.22. The number of likely N-dealkylation sites (tertiary alicyclic amines) is 1. The molecule has 0 radical (unpaired) electrons. The van der Waals surface area contributed by atoms with Crippen molar-refractivity contribution in [3.05, 3.63) is 58.9 Å². The number of halogens is 1. The van der Waals surface area contributed by atoms with E-state index < -0.39 is 0 Å². The molecule has 2 N–H and O–H groups in total. The zero-order chi connectivity index (χ0) is 18.1. The van der Waals surface area contributed by atoms with E-state index in [0.717, 1.165) is 47.5 Å². The number of carbonyl (C=O) groups excluding carboxylic acids is 1. The zero-order valence-electron chi connectivity index (χ0n) is 14.6. The van der Waals surface area contributed by atoms with Crippen LogP contribution in [0.3, 0.4) is 0 Å². The average Bonchev–Trinajstić information content (AvgIpc) is 3.22. The number of aromatic amines is 1. The number of H-pyrrole nitrogens is 1. The van der Waals surface area contributed by atoms with Gasteiger partial charge >= 0.3 is 0 Å². The maximum atomic E-state index is 12.5. The van der Waals surface area contributed by atoms with Gasteiger partial charge < -0.3 is 10.3 Å². The summed E-state index contributed by atoms with van der Waals surface area (Å²) in [4.78, 5) is 22.8. The average molecular weight is 369 g/mol. The van der Waals surface area contributed by atoms with Gasteiger partial charge in [0.25, 0.3) is 0 Å². The second-order valence-corrected chi connectivity index (χ2v) is 7.21. The van der Waals surface area contributed by atoms with Crippen LogP contribution in [0.1, 0.15) is 30.3 Å².